The fraction of sp³-hybridized carbons (Fsp3) is 0.577. The van der Waals surface area contributed by atoms with Crippen LogP contribution in [-0.2, 0) is 30.4 Å². The van der Waals surface area contributed by atoms with Gasteiger partial charge in [0, 0.05) is 12.8 Å². The maximum atomic E-state index is 13.3. The number of carboxylic acid groups (broad SMARTS) is 2. The second kappa shape index (κ2) is 17.1. The van der Waals surface area contributed by atoms with Crippen LogP contribution < -0.4 is 27.4 Å². The summed E-state index contributed by atoms with van der Waals surface area (Å²) in [6.07, 6.45) is 1.19. The van der Waals surface area contributed by atoms with E-state index < -0.39 is 53.8 Å². The number of hydrogen-bond donors (Lipinski definition) is 7. The van der Waals surface area contributed by atoms with Crippen LogP contribution in [0, 0.1) is 5.92 Å². The number of nitrogens with one attached hydrogen (secondary N) is 3. The van der Waals surface area contributed by atoms with Crippen LogP contribution in [0.1, 0.15) is 57.9 Å². The molecule has 12 nitrogen and oxygen atoms in total. The topological polar surface area (TPSA) is 214 Å². The molecule has 0 spiro atoms. The highest BCUT2D eigenvalue weighted by atomic mass is 16.4. The molecule has 0 aromatic heterocycles. The third-order valence-electron chi connectivity index (χ3n) is 5.82. The van der Waals surface area contributed by atoms with Gasteiger partial charge in [-0.3, -0.25) is 19.2 Å². The molecule has 9 N–H and O–H groups in total. The van der Waals surface area contributed by atoms with Crippen LogP contribution >= 0.6 is 0 Å². The van der Waals surface area contributed by atoms with Crippen molar-refractivity contribution in [3.63, 3.8) is 0 Å². The number of rotatable bonds is 18. The van der Waals surface area contributed by atoms with E-state index in [0.717, 1.165) is 5.56 Å². The van der Waals surface area contributed by atoms with E-state index in [0.29, 0.717) is 19.4 Å². The number of hydrogen-bond acceptors (Lipinski definition) is 7. The van der Waals surface area contributed by atoms with Gasteiger partial charge in [-0.05, 0) is 50.1 Å². The van der Waals surface area contributed by atoms with Gasteiger partial charge in [-0.15, -0.1) is 0 Å². The van der Waals surface area contributed by atoms with E-state index in [9.17, 15) is 29.1 Å². The number of carbonyl (C=O) groups is 5. The molecule has 0 saturated heterocycles. The maximum absolute atomic E-state index is 13.3. The Kier molecular flexibility index (Phi) is 14.6. The molecule has 12 heteroatoms. The van der Waals surface area contributed by atoms with E-state index in [2.05, 4.69) is 16.0 Å². The van der Waals surface area contributed by atoms with Crippen molar-refractivity contribution < 1.29 is 34.2 Å². The molecule has 38 heavy (non-hydrogen) atoms. The Morgan fingerprint density at radius 1 is 0.816 bits per heavy atom. The van der Waals surface area contributed by atoms with Gasteiger partial charge in [0.15, 0.2) is 0 Å². The number of carboxylic acids is 2. The number of aliphatic carboxylic acids is 2. The van der Waals surface area contributed by atoms with Gasteiger partial charge in [0.25, 0.3) is 0 Å². The first-order chi connectivity index (χ1) is 17.9. The van der Waals surface area contributed by atoms with Gasteiger partial charge in [-0.25, -0.2) is 4.79 Å². The van der Waals surface area contributed by atoms with Crippen molar-refractivity contribution in [3.05, 3.63) is 35.9 Å². The summed E-state index contributed by atoms with van der Waals surface area (Å²) in [6, 6.07) is 4.47. The zero-order chi connectivity index (χ0) is 28.7. The summed E-state index contributed by atoms with van der Waals surface area (Å²) >= 11 is 0. The lowest BCUT2D eigenvalue weighted by molar-refractivity contribution is -0.143. The van der Waals surface area contributed by atoms with Crippen LogP contribution in [0.5, 0.6) is 0 Å². The minimum atomic E-state index is -1.18. The second-order valence-corrected chi connectivity index (χ2v) is 9.66. The second-order valence-electron chi connectivity index (χ2n) is 9.66. The SMILES string of the molecule is CC(C)CC(NC(=O)C(Cc1ccccc1)NC(=O)C(CCCCN)NC(=O)C(N)CCC(=O)O)C(=O)O. The highest BCUT2D eigenvalue weighted by Gasteiger charge is 2.30. The van der Waals surface area contributed by atoms with Crippen LogP contribution in [-0.4, -0.2) is 70.6 Å². The molecule has 1 rings (SSSR count). The van der Waals surface area contributed by atoms with Crippen molar-refractivity contribution in [3.8, 4) is 0 Å². The zero-order valence-electron chi connectivity index (χ0n) is 22.0. The standard InChI is InChI=1S/C26H41N5O7/c1-16(2)14-21(26(37)38)31-25(36)20(15-17-8-4-3-5-9-17)30-24(35)19(10-6-7-13-27)29-23(34)18(28)11-12-22(32)33/h3-5,8-9,16,18-21H,6-7,10-15,27-28H2,1-2H3,(H,29,34)(H,30,35)(H,31,36)(H,32,33)(H,37,38). The quantitative estimate of drug-likeness (QED) is 0.127. The summed E-state index contributed by atoms with van der Waals surface area (Å²) in [5.74, 6) is -4.28. The fourth-order valence-electron chi connectivity index (χ4n) is 3.75. The minimum Gasteiger partial charge on any atom is -0.481 e. The summed E-state index contributed by atoms with van der Waals surface area (Å²) < 4.78 is 0. The Morgan fingerprint density at radius 2 is 1.39 bits per heavy atom. The van der Waals surface area contributed by atoms with Crippen molar-refractivity contribution in [2.45, 2.75) is 83.0 Å². The molecular formula is C26H41N5O7. The maximum Gasteiger partial charge on any atom is 0.326 e. The summed E-state index contributed by atoms with van der Waals surface area (Å²) in [4.78, 5) is 61.5. The predicted molar refractivity (Wildman–Crippen MR) is 141 cm³/mol. The van der Waals surface area contributed by atoms with Crippen LogP contribution in [0.25, 0.3) is 0 Å². The molecule has 0 fully saturated rings. The lowest BCUT2D eigenvalue weighted by Crippen LogP contribution is -2.57. The van der Waals surface area contributed by atoms with E-state index in [1.807, 2.05) is 13.8 Å². The molecule has 0 bridgehead atoms. The molecule has 4 unspecified atom stereocenters. The van der Waals surface area contributed by atoms with E-state index >= 15 is 0 Å². The highest BCUT2D eigenvalue weighted by Crippen LogP contribution is 2.09. The first kappa shape index (κ1) is 32.5. The van der Waals surface area contributed by atoms with Crippen molar-refractivity contribution in [2.75, 3.05) is 6.54 Å². The summed E-state index contributed by atoms with van der Waals surface area (Å²) in [6.45, 7) is 4.05. The summed E-state index contributed by atoms with van der Waals surface area (Å²) in [5.41, 5.74) is 12.1. The lowest BCUT2D eigenvalue weighted by Gasteiger charge is -2.26. The van der Waals surface area contributed by atoms with Crippen molar-refractivity contribution >= 4 is 29.7 Å². The van der Waals surface area contributed by atoms with Gasteiger partial charge in [0.2, 0.25) is 17.7 Å². The number of nitrogens with two attached hydrogens (primary N) is 2. The average molecular weight is 536 g/mol. The third-order valence-corrected chi connectivity index (χ3v) is 5.82. The molecule has 1 aromatic carbocycles. The number of amides is 3. The molecule has 1 aromatic rings. The molecule has 0 saturated carbocycles. The van der Waals surface area contributed by atoms with Crippen LogP contribution in [0.3, 0.4) is 0 Å². The van der Waals surface area contributed by atoms with E-state index in [1.54, 1.807) is 30.3 Å². The van der Waals surface area contributed by atoms with Crippen LogP contribution in [0.2, 0.25) is 0 Å². The minimum absolute atomic E-state index is 0.00559. The third kappa shape index (κ3) is 12.6. The molecule has 0 heterocycles. The smallest absolute Gasteiger partial charge is 0.326 e. The Hall–Kier alpha value is -3.51. The van der Waals surface area contributed by atoms with Gasteiger partial charge >= 0.3 is 11.9 Å². The molecule has 0 aliphatic rings. The number of unbranched alkanes of at least 4 members (excludes halogenated alkanes) is 1. The van der Waals surface area contributed by atoms with E-state index in [4.69, 9.17) is 16.6 Å². The van der Waals surface area contributed by atoms with Crippen molar-refractivity contribution in [1.29, 1.82) is 0 Å². The highest BCUT2D eigenvalue weighted by molar-refractivity contribution is 5.94. The fourth-order valence-corrected chi connectivity index (χ4v) is 3.75. The van der Waals surface area contributed by atoms with Crippen LogP contribution in [0.15, 0.2) is 30.3 Å². The molecule has 212 valence electrons. The Balaban J connectivity index is 3.10. The van der Waals surface area contributed by atoms with Gasteiger partial charge in [-0.2, -0.15) is 0 Å². The van der Waals surface area contributed by atoms with Crippen LogP contribution in [0.4, 0.5) is 0 Å². The predicted octanol–water partition coefficient (Wildman–Crippen LogP) is 0.135. The number of benzene rings is 1. The van der Waals surface area contributed by atoms with Crippen molar-refractivity contribution in [2.24, 2.45) is 17.4 Å². The monoisotopic (exact) mass is 535 g/mol. The van der Waals surface area contributed by atoms with E-state index in [-0.39, 0.29) is 38.0 Å². The normalized spacial score (nSPS) is 14.1. The van der Waals surface area contributed by atoms with Crippen molar-refractivity contribution in [1.82, 2.24) is 16.0 Å². The zero-order valence-corrected chi connectivity index (χ0v) is 22.0. The van der Waals surface area contributed by atoms with Gasteiger partial charge < -0.3 is 37.6 Å². The summed E-state index contributed by atoms with van der Waals surface area (Å²) in [5, 5.41) is 26.1. The average Bonchev–Trinajstić information content (AvgIpc) is 2.85. The van der Waals surface area contributed by atoms with Gasteiger partial charge in [0.1, 0.15) is 18.1 Å². The Bertz CT molecular complexity index is 926. The first-order valence-corrected chi connectivity index (χ1v) is 12.8. The van der Waals surface area contributed by atoms with Gasteiger partial charge in [-0.1, -0.05) is 44.2 Å². The van der Waals surface area contributed by atoms with E-state index in [1.165, 1.54) is 0 Å². The molecule has 0 aliphatic carbocycles. The molecular weight excluding hydrogens is 494 g/mol. The Morgan fingerprint density at radius 3 is 1.95 bits per heavy atom. The molecule has 0 aliphatic heterocycles. The molecule has 3 amide bonds. The van der Waals surface area contributed by atoms with Gasteiger partial charge in [0.05, 0.1) is 6.04 Å². The molecule has 0 radical (unpaired) electrons. The summed E-state index contributed by atoms with van der Waals surface area (Å²) in [7, 11) is 0. The lowest BCUT2D eigenvalue weighted by atomic mass is 10.0. The number of carbonyl (C=O) groups excluding carboxylic acids is 3. The largest absolute Gasteiger partial charge is 0.481 e. The molecule has 4 atom stereocenters. The first-order valence-electron chi connectivity index (χ1n) is 12.8. The Labute approximate surface area is 222 Å².